The Morgan fingerprint density at radius 1 is 1.15 bits per heavy atom. The van der Waals surface area contributed by atoms with Gasteiger partial charge >= 0.3 is 6.18 Å². The Labute approximate surface area is 153 Å². The minimum Gasteiger partial charge on any atom is -0.300 e. The largest absolute Gasteiger partial charge is 0.417 e. The zero-order valence-corrected chi connectivity index (χ0v) is 14.5. The minimum atomic E-state index is -4.43. The number of hydrogen-bond donors (Lipinski definition) is 1. The fourth-order valence-electron chi connectivity index (χ4n) is 1.79. The highest BCUT2D eigenvalue weighted by Crippen LogP contribution is 2.29. The molecule has 3 heterocycles. The van der Waals surface area contributed by atoms with Crippen molar-refractivity contribution in [3.05, 3.63) is 48.3 Å². The minimum absolute atomic E-state index is 0.0170. The molecular formula is C15H10F3N5OS2. The van der Waals surface area contributed by atoms with Gasteiger partial charge in [0.1, 0.15) is 5.69 Å². The molecule has 0 atom stereocenters. The van der Waals surface area contributed by atoms with Gasteiger partial charge in [0.2, 0.25) is 11.0 Å². The van der Waals surface area contributed by atoms with Gasteiger partial charge in [-0.2, -0.15) is 13.2 Å². The molecule has 0 aliphatic rings. The van der Waals surface area contributed by atoms with E-state index in [1.54, 1.807) is 18.3 Å². The van der Waals surface area contributed by atoms with Crippen molar-refractivity contribution in [2.24, 2.45) is 0 Å². The number of carbonyl (C=O) groups excluding carboxylic acids is 1. The number of pyridine rings is 2. The van der Waals surface area contributed by atoms with Crippen LogP contribution in [-0.4, -0.2) is 31.8 Å². The summed E-state index contributed by atoms with van der Waals surface area (Å²) in [5.74, 6) is -0.378. The molecule has 0 aliphatic carbocycles. The number of hydrogen-bond acceptors (Lipinski definition) is 7. The van der Waals surface area contributed by atoms with E-state index in [1.807, 2.05) is 6.07 Å². The number of rotatable bonds is 5. The molecule has 0 bridgehead atoms. The lowest BCUT2D eigenvalue weighted by Gasteiger charge is -2.06. The summed E-state index contributed by atoms with van der Waals surface area (Å²) in [6.07, 6.45) is -2.07. The van der Waals surface area contributed by atoms with Gasteiger partial charge < -0.3 is 0 Å². The molecule has 0 fully saturated rings. The third-order valence-corrected chi connectivity index (χ3v) is 4.78. The third kappa shape index (κ3) is 4.76. The molecular weight excluding hydrogens is 387 g/mol. The van der Waals surface area contributed by atoms with E-state index >= 15 is 0 Å². The Kier molecular flexibility index (Phi) is 5.47. The Hall–Kier alpha value is -2.53. The second-order valence-corrected chi connectivity index (χ2v) is 6.82. The van der Waals surface area contributed by atoms with Crippen LogP contribution in [0.25, 0.3) is 10.7 Å². The second-order valence-electron chi connectivity index (χ2n) is 4.85. The number of anilines is 1. The number of thioether (sulfide) groups is 1. The summed E-state index contributed by atoms with van der Waals surface area (Å²) < 4.78 is 37.4. The highest BCUT2D eigenvalue weighted by molar-refractivity contribution is 7.99. The molecule has 11 heteroatoms. The molecule has 0 unspecified atom stereocenters. The van der Waals surface area contributed by atoms with Crippen molar-refractivity contribution in [1.29, 1.82) is 0 Å². The molecule has 134 valence electrons. The summed E-state index contributed by atoms with van der Waals surface area (Å²) in [5, 5.41) is 11.6. The molecule has 3 aromatic rings. The van der Waals surface area contributed by atoms with Crippen molar-refractivity contribution in [3.63, 3.8) is 0 Å². The van der Waals surface area contributed by atoms with Gasteiger partial charge in [-0.1, -0.05) is 29.2 Å². The van der Waals surface area contributed by atoms with Crippen LogP contribution >= 0.6 is 23.1 Å². The molecule has 6 nitrogen and oxygen atoms in total. The van der Waals surface area contributed by atoms with E-state index < -0.39 is 11.7 Å². The predicted octanol–water partition coefficient (Wildman–Crippen LogP) is 3.74. The average Bonchev–Trinajstić information content (AvgIpc) is 3.09. The van der Waals surface area contributed by atoms with Crippen molar-refractivity contribution in [2.75, 3.05) is 11.1 Å². The number of alkyl halides is 3. The predicted molar refractivity (Wildman–Crippen MR) is 91.7 cm³/mol. The van der Waals surface area contributed by atoms with Gasteiger partial charge in [0, 0.05) is 12.4 Å². The first-order chi connectivity index (χ1) is 12.4. The number of halogens is 3. The molecule has 0 spiro atoms. The van der Waals surface area contributed by atoms with E-state index in [0.29, 0.717) is 20.9 Å². The van der Waals surface area contributed by atoms with Crippen LogP contribution in [0.4, 0.5) is 18.3 Å². The molecule has 3 rings (SSSR count). The van der Waals surface area contributed by atoms with Gasteiger partial charge in [-0.15, -0.1) is 10.2 Å². The first kappa shape index (κ1) is 18.3. The molecule has 0 saturated carbocycles. The zero-order valence-electron chi connectivity index (χ0n) is 12.9. The first-order valence-electron chi connectivity index (χ1n) is 7.12. The summed E-state index contributed by atoms with van der Waals surface area (Å²) >= 11 is 2.20. The third-order valence-electron chi connectivity index (χ3n) is 2.97. The van der Waals surface area contributed by atoms with Gasteiger partial charge in [-0.25, -0.2) is 4.98 Å². The van der Waals surface area contributed by atoms with E-state index in [1.165, 1.54) is 17.4 Å². The molecule has 0 saturated heterocycles. The normalized spacial score (nSPS) is 11.3. The van der Waals surface area contributed by atoms with Crippen molar-refractivity contribution in [1.82, 2.24) is 20.2 Å². The summed E-state index contributed by atoms with van der Waals surface area (Å²) in [6, 6.07) is 7.52. The summed E-state index contributed by atoms with van der Waals surface area (Å²) in [7, 11) is 0. The fourth-order valence-corrected chi connectivity index (χ4v) is 3.17. The summed E-state index contributed by atoms with van der Waals surface area (Å²) in [6.45, 7) is 0. The van der Waals surface area contributed by atoms with Gasteiger partial charge in [-0.3, -0.25) is 15.1 Å². The lowest BCUT2D eigenvalue weighted by atomic mass is 10.3. The maximum Gasteiger partial charge on any atom is 0.417 e. The van der Waals surface area contributed by atoms with Crippen molar-refractivity contribution >= 4 is 34.1 Å². The van der Waals surface area contributed by atoms with E-state index in [4.69, 9.17) is 0 Å². The van der Waals surface area contributed by atoms with Crippen LogP contribution in [0.3, 0.4) is 0 Å². The molecule has 0 aromatic carbocycles. The molecule has 1 amide bonds. The number of carbonyl (C=O) groups is 1. The Morgan fingerprint density at radius 3 is 2.65 bits per heavy atom. The molecule has 0 aliphatic heterocycles. The lowest BCUT2D eigenvalue weighted by molar-refractivity contribution is -0.137. The zero-order chi connectivity index (χ0) is 18.6. The van der Waals surface area contributed by atoms with Crippen molar-refractivity contribution < 1.29 is 18.0 Å². The van der Waals surface area contributed by atoms with E-state index in [9.17, 15) is 18.0 Å². The van der Waals surface area contributed by atoms with Crippen molar-refractivity contribution in [3.8, 4) is 10.7 Å². The van der Waals surface area contributed by atoms with Gasteiger partial charge in [0.15, 0.2) is 5.01 Å². The second kappa shape index (κ2) is 7.79. The Balaban J connectivity index is 1.54. The van der Waals surface area contributed by atoms with Crippen LogP contribution < -0.4 is 5.32 Å². The van der Waals surface area contributed by atoms with Crippen LogP contribution in [0.1, 0.15) is 5.56 Å². The smallest absolute Gasteiger partial charge is 0.300 e. The molecule has 0 radical (unpaired) electrons. The van der Waals surface area contributed by atoms with Gasteiger partial charge in [0.05, 0.1) is 16.3 Å². The SMILES string of the molecule is O=C(CSc1ccc(C(F)(F)F)cn1)Nc1nnc(-c2ccccn2)s1. The van der Waals surface area contributed by atoms with Crippen LogP contribution in [0.2, 0.25) is 0 Å². The topological polar surface area (TPSA) is 80.7 Å². The monoisotopic (exact) mass is 397 g/mol. The average molecular weight is 397 g/mol. The summed E-state index contributed by atoms with van der Waals surface area (Å²) in [5.41, 5.74) is -0.184. The van der Waals surface area contributed by atoms with E-state index in [-0.39, 0.29) is 11.7 Å². The van der Waals surface area contributed by atoms with Crippen LogP contribution in [0, 0.1) is 0 Å². The highest BCUT2D eigenvalue weighted by atomic mass is 32.2. The standard InChI is InChI=1S/C15H10F3N5OS2/c16-15(17,18)9-4-5-12(20-7-9)25-8-11(24)21-14-23-22-13(26-14)10-3-1-2-6-19-10/h1-7H,8H2,(H,21,23,24). The van der Waals surface area contributed by atoms with Crippen LogP contribution in [0.5, 0.6) is 0 Å². The van der Waals surface area contributed by atoms with Crippen molar-refractivity contribution in [2.45, 2.75) is 11.2 Å². The molecule has 26 heavy (non-hydrogen) atoms. The lowest BCUT2D eigenvalue weighted by Crippen LogP contribution is -2.14. The molecule has 3 aromatic heterocycles. The number of nitrogens with zero attached hydrogens (tertiary/aromatic N) is 4. The van der Waals surface area contributed by atoms with E-state index in [0.717, 1.165) is 24.0 Å². The fraction of sp³-hybridized carbons (Fsp3) is 0.133. The number of aromatic nitrogens is 4. The molecule has 1 N–H and O–H groups in total. The maximum absolute atomic E-state index is 12.5. The maximum atomic E-state index is 12.5. The summed E-state index contributed by atoms with van der Waals surface area (Å²) in [4.78, 5) is 19.8. The highest BCUT2D eigenvalue weighted by Gasteiger charge is 2.30. The van der Waals surface area contributed by atoms with E-state index in [2.05, 4.69) is 25.5 Å². The quantitative estimate of drug-likeness (QED) is 0.661. The number of nitrogens with one attached hydrogen (secondary N) is 1. The van der Waals surface area contributed by atoms with Crippen LogP contribution in [-0.2, 0) is 11.0 Å². The van der Waals surface area contributed by atoms with Crippen LogP contribution in [0.15, 0.2) is 47.8 Å². The number of amides is 1. The Morgan fingerprint density at radius 2 is 2.00 bits per heavy atom. The Bertz CT molecular complexity index is 884. The van der Waals surface area contributed by atoms with Gasteiger partial charge in [-0.05, 0) is 24.3 Å². The first-order valence-corrected chi connectivity index (χ1v) is 8.93. The van der Waals surface area contributed by atoms with Gasteiger partial charge in [0.25, 0.3) is 0 Å².